The van der Waals surface area contributed by atoms with Crippen LogP contribution in [0.3, 0.4) is 0 Å². The Bertz CT molecular complexity index is 1120. The van der Waals surface area contributed by atoms with Gasteiger partial charge in [-0.1, -0.05) is 24.3 Å². The predicted octanol–water partition coefficient (Wildman–Crippen LogP) is 7.19. The molecule has 188 valence electrons. The van der Waals surface area contributed by atoms with Crippen molar-refractivity contribution in [2.75, 3.05) is 17.3 Å². The summed E-state index contributed by atoms with van der Waals surface area (Å²) >= 11 is 6.08. The van der Waals surface area contributed by atoms with Crippen LogP contribution in [-0.4, -0.2) is 35.7 Å². The molecule has 0 fully saturated rings. The fourth-order valence-electron chi connectivity index (χ4n) is 3.81. The smallest absolute Gasteiger partial charge is 0.403 e. The number of nitrogens with zero attached hydrogens (tertiary/aromatic N) is 1. The Morgan fingerprint density at radius 3 is 2.06 bits per heavy atom. The van der Waals surface area contributed by atoms with Crippen molar-refractivity contribution in [3.63, 3.8) is 0 Å². The second-order valence-corrected chi connectivity index (χ2v) is 11.8. The van der Waals surface area contributed by atoms with Gasteiger partial charge in [-0.15, -0.1) is 11.6 Å². The van der Waals surface area contributed by atoms with Gasteiger partial charge >= 0.3 is 19.9 Å². The van der Waals surface area contributed by atoms with Gasteiger partial charge in [0, 0.05) is 29.8 Å². The zero-order valence-corrected chi connectivity index (χ0v) is 21.5. The van der Waals surface area contributed by atoms with Crippen molar-refractivity contribution < 1.29 is 36.1 Å². The van der Waals surface area contributed by atoms with Crippen molar-refractivity contribution in [2.24, 2.45) is 0 Å². The van der Waals surface area contributed by atoms with Crippen molar-refractivity contribution in [1.29, 1.82) is 0 Å². The van der Waals surface area contributed by atoms with Crippen LogP contribution in [0, 0.1) is 0 Å². The van der Waals surface area contributed by atoms with Gasteiger partial charge in [0.1, 0.15) is 5.75 Å². The lowest BCUT2D eigenvalue weighted by atomic mass is 9.95. The van der Waals surface area contributed by atoms with Gasteiger partial charge < -0.3 is 9.42 Å². The van der Waals surface area contributed by atoms with Crippen molar-refractivity contribution >= 4 is 41.8 Å². The Balaban J connectivity index is 2.22. The third-order valence-corrected chi connectivity index (χ3v) is 7.12. The minimum atomic E-state index is -5.08. The lowest BCUT2D eigenvalue weighted by molar-refractivity contribution is -0.170. The summed E-state index contributed by atoms with van der Waals surface area (Å²) in [5, 5.41) is 1.02. The monoisotopic (exact) mass is 521 g/mol. The van der Waals surface area contributed by atoms with E-state index >= 15 is 0 Å². The Morgan fingerprint density at radius 1 is 1.06 bits per heavy atom. The predicted molar refractivity (Wildman–Crippen MR) is 126 cm³/mol. The average molecular weight is 522 g/mol. The molecule has 1 unspecified atom stereocenters. The van der Waals surface area contributed by atoms with E-state index in [4.69, 9.17) is 25.2 Å². The number of alkyl halides is 4. The molecule has 11 heteroatoms. The summed E-state index contributed by atoms with van der Waals surface area (Å²) in [6, 6.07) is 8.08. The first-order valence-corrected chi connectivity index (χ1v) is 12.6. The number of halogens is 4. The molecule has 2 aromatic carbocycles. The van der Waals surface area contributed by atoms with Gasteiger partial charge in [-0.3, -0.25) is 13.8 Å². The Kier molecular flexibility index (Phi) is 7.10. The molecule has 1 heterocycles. The molecule has 1 aliphatic heterocycles. The molecule has 0 saturated carbocycles. The van der Waals surface area contributed by atoms with Crippen LogP contribution in [0.1, 0.15) is 53.0 Å². The Morgan fingerprint density at radius 2 is 1.59 bits per heavy atom. The molecule has 6 nitrogen and oxygen atoms in total. The molecular weight excluding hydrogens is 494 g/mol. The third kappa shape index (κ3) is 5.88. The number of anilines is 1. The van der Waals surface area contributed by atoms with Gasteiger partial charge in [0.25, 0.3) is 0 Å². The van der Waals surface area contributed by atoms with Gasteiger partial charge in [0.15, 0.2) is 0 Å². The van der Waals surface area contributed by atoms with Gasteiger partial charge in [0.2, 0.25) is 0 Å². The lowest BCUT2D eigenvalue weighted by Gasteiger charge is -2.31. The van der Waals surface area contributed by atoms with Crippen LogP contribution < -0.4 is 9.42 Å². The number of phosphoric acid groups is 1. The summed E-state index contributed by atoms with van der Waals surface area (Å²) < 4.78 is 70.9. The molecule has 2 aromatic rings. The van der Waals surface area contributed by atoms with Crippen molar-refractivity contribution in [3.8, 4) is 5.75 Å². The van der Waals surface area contributed by atoms with E-state index in [1.807, 2.05) is 0 Å². The van der Waals surface area contributed by atoms with E-state index in [0.717, 1.165) is 0 Å². The molecule has 0 aliphatic carbocycles. The van der Waals surface area contributed by atoms with E-state index in [1.54, 1.807) is 65.8 Å². The quantitative estimate of drug-likeness (QED) is 0.308. The van der Waals surface area contributed by atoms with E-state index < -0.39 is 37.0 Å². The summed E-state index contributed by atoms with van der Waals surface area (Å²) in [5.74, 6) is -2.55. The van der Waals surface area contributed by atoms with E-state index in [-0.39, 0.29) is 23.9 Å². The van der Waals surface area contributed by atoms with Crippen LogP contribution >= 0.6 is 19.4 Å². The molecule has 3 rings (SSSR count). The first kappa shape index (κ1) is 26.8. The number of hydrogen-bond donors (Lipinski definition) is 0. The van der Waals surface area contributed by atoms with Crippen LogP contribution in [0.2, 0.25) is 0 Å². The van der Waals surface area contributed by atoms with Crippen LogP contribution in [0.15, 0.2) is 30.3 Å². The summed E-state index contributed by atoms with van der Waals surface area (Å²) in [6.07, 6.45) is -5.08. The summed E-state index contributed by atoms with van der Waals surface area (Å²) in [5.41, 5.74) is -1.34. The van der Waals surface area contributed by atoms with Crippen LogP contribution in [0.5, 0.6) is 5.75 Å². The zero-order valence-electron chi connectivity index (χ0n) is 19.8. The SMILES string of the molecule is CC(C)(C)OP(=O)(Oc1cc2c(c3ccccc13)C(CCl)CN2C(=O)C(F)(F)F)OC(C)(C)C. The van der Waals surface area contributed by atoms with Crippen molar-refractivity contribution in [2.45, 2.75) is 64.8 Å². The molecule has 1 aliphatic rings. The largest absolute Gasteiger partial charge is 0.531 e. The van der Waals surface area contributed by atoms with E-state index in [9.17, 15) is 22.5 Å². The number of phosphoric ester groups is 1. The summed E-state index contributed by atoms with van der Waals surface area (Å²) in [4.78, 5) is 12.9. The number of amides is 1. The van der Waals surface area contributed by atoms with Gasteiger partial charge in [-0.05, 0) is 52.5 Å². The number of fused-ring (bicyclic) bond motifs is 3. The minimum absolute atomic E-state index is 0.000239. The number of hydrogen-bond acceptors (Lipinski definition) is 5. The first-order chi connectivity index (χ1) is 15.4. The van der Waals surface area contributed by atoms with E-state index in [1.165, 1.54) is 6.07 Å². The standard InChI is InChI=1S/C23H28ClF3NO5P/c1-21(2,3)32-34(30,33-22(4,5)6)31-18-11-17-19(16-10-8-7-9-15(16)18)14(12-24)13-28(17)20(29)23(25,26)27/h7-11,14H,12-13H2,1-6H3. The normalized spacial score (nSPS) is 17.2. The van der Waals surface area contributed by atoms with Crippen LogP contribution in [-0.2, 0) is 18.4 Å². The molecule has 34 heavy (non-hydrogen) atoms. The molecule has 0 radical (unpaired) electrons. The molecule has 0 aromatic heterocycles. The maximum atomic E-state index is 13.7. The third-order valence-electron chi connectivity index (χ3n) is 4.78. The zero-order chi connectivity index (χ0) is 25.7. The fourth-order valence-corrected chi connectivity index (χ4v) is 5.90. The van der Waals surface area contributed by atoms with Crippen LogP contribution in [0.4, 0.5) is 18.9 Å². The van der Waals surface area contributed by atoms with E-state index in [0.29, 0.717) is 21.2 Å². The number of carbonyl (C=O) groups excluding carboxylic acids is 1. The lowest BCUT2D eigenvalue weighted by Crippen LogP contribution is -2.40. The van der Waals surface area contributed by atoms with Crippen molar-refractivity contribution in [3.05, 3.63) is 35.9 Å². The molecule has 0 saturated heterocycles. The first-order valence-electron chi connectivity index (χ1n) is 10.7. The average Bonchev–Trinajstić information content (AvgIpc) is 3.02. The maximum absolute atomic E-state index is 13.7. The van der Waals surface area contributed by atoms with E-state index in [2.05, 4.69) is 0 Å². The number of benzene rings is 2. The Hall–Kier alpha value is -1.80. The second-order valence-electron chi connectivity index (χ2n) is 10.1. The summed E-state index contributed by atoms with van der Waals surface area (Å²) in [6.45, 7) is 9.79. The number of rotatable bonds is 5. The fraction of sp³-hybridized carbons (Fsp3) is 0.522. The molecule has 0 bridgehead atoms. The molecule has 0 spiro atoms. The molecule has 0 N–H and O–H groups in total. The highest BCUT2D eigenvalue weighted by Crippen LogP contribution is 2.57. The van der Waals surface area contributed by atoms with Gasteiger partial charge in [0.05, 0.1) is 16.9 Å². The highest BCUT2D eigenvalue weighted by Gasteiger charge is 2.47. The minimum Gasteiger partial charge on any atom is -0.403 e. The second kappa shape index (κ2) is 9.01. The maximum Gasteiger partial charge on any atom is 0.531 e. The summed E-state index contributed by atoms with van der Waals surface area (Å²) in [7, 11) is -4.26. The Labute approximate surface area is 201 Å². The van der Waals surface area contributed by atoms with Crippen LogP contribution in [0.25, 0.3) is 10.8 Å². The van der Waals surface area contributed by atoms with Gasteiger partial charge in [-0.25, -0.2) is 4.57 Å². The molecular formula is C23H28ClF3NO5P. The van der Waals surface area contributed by atoms with Crippen molar-refractivity contribution in [1.82, 2.24) is 0 Å². The highest BCUT2D eigenvalue weighted by atomic mass is 35.5. The number of carbonyl (C=O) groups is 1. The molecule has 1 amide bonds. The van der Waals surface area contributed by atoms with Gasteiger partial charge in [-0.2, -0.15) is 13.2 Å². The molecule has 1 atom stereocenters. The highest BCUT2D eigenvalue weighted by molar-refractivity contribution is 7.49. The topological polar surface area (TPSA) is 65.1 Å².